The molecule has 10 nitrogen and oxygen atoms in total. The smallest absolute Gasteiger partial charge is 0.310 e. The maximum Gasteiger partial charge on any atom is 0.310 e. The zero-order valence-electron chi connectivity index (χ0n) is 36.1. The van der Waals surface area contributed by atoms with Crippen LogP contribution in [0.4, 0.5) is 10.3 Å². The molecule has 0 aliphatic rings. The van der Waals surface area contributed by atoms with Gasteiger partial charge in [-0.1, -0.05) is 99.1 Å². The molecule has 2 aromatic heterocycles. The SMILES string of the molecule is COC(=O)C(CCCCN(C)C)CNc1nc(-c2ccc(Cl)c(Cl)c2)c(CC(C)C)s1.COC(=O)C(CCCCN)CNc1nc(-c2ccc(Cl)c(Cl)c2)c(CC(C)C)s1. The van der Waals surface area contributed by atoms with E-state index in [1.807, 2.05) is 24.3 Å². The van der Waals surface area contributed by atoms with Crippen LogP contribution in [0, 0.1) is 23.7 Å². The minimum atomic E-state index is -0.225. The predicted molar refractivity (Wildman–Crippen MR) is 256 cm³/mol. The molecule has 0 bridgehead atoms. The molecule has 2 atom stereocenters. The van der Waals surface area contributed by atoms with Crippen molar-refractivity contribution in [1.82, 2.24) is 14.9 Å². The minimum absolute atomic E-state index is 0.180. The lowest BCUT2D eigenvalue weighted by atomic mass is 10.0. The number of carbonyl (C=O) groups is 2. The first kappa shape index (κ1) is 51.7. The summed E-state index contributed by atoms with van der Waals surface area (Å²) in [5.41, 5.74) is 9.27. The first-order chi connectivity index (χ1) is 28.6. The summed E-state index contributed by atoms with van der Waals surface area (Å²) < 4.78 is 9.97. The molecule has 4 rings (SSSR count). The summed E-state index contributed by atoms with van der Waals surface area (Å²) in [4.78, 5) is 38.5. The Labute approximate surface area is 385 Å². The molecule has 0 spiro atoms. The molecule has 16 heteroatoms. The molecule has 0 radical (unpaired) electrons. The van der Waals surface area contributed by atoms with E-state index >= 15 is 0 Å². The molecule has 0 saturated carbocycles. The molecule has 0 fully saturated rings. The third kappa shape index (κ3) is 17.2. The van der Waals surface area contributed by atoms with Gasteiger partial charge < -0.3 is 30.7 Å². The Balaban J connectivity index is 0.000000321. The number of carbonyl (C=O) groups excluding carboxylic acids is 2. The summed E-state index contributed by atoms with van der Waals surface area (Å²) in [5.74, 6) is 0.174. The van der Waals surface area contributed by atoms with Gasteiger partial charge in [-0.15, -0.1) is 22.7 Å². The molecule has 0 saturated heterocycles. The van der Waals surface area contributed by atoms with Crippen molar-refractivity contribution in [2.75, 3.05) is 65.1 Å². The Hall–Kier alpha value is -2.68. The number of halogens is 4. The average Bonchev–Trinajstić information content (AvgIpc) is 3.80. The highest BCUT2D eigenvalue weighted by molar-refractivity contribution is 7.16. The molecular weight excluding hydrogens is 882 g/mol. The quantitative estimate of drug-likeness (QED) is 0.0488. The van der Waals surface area contributed by atoms with Crippen LogP contribution in [0.25, 0.3) is 22.5 Å². The molecule has 4 aromatic rings. The van der Waals surface area contributed by atoms with E-state index in [1.165, 1.54) is 24.0 Å². The number of rotatable bonds is 23. The average molecular weight is 945 g/mol. The number of methoxy groups -OCH3 is 2. The largest absolute Gasteiger partial charge is 0.469 e. The first-order valence-electron chi connectivity index (χ1n) is 20.4. The van der Waals surface area contributed by atoms with E-state index in [0.717, 1.165) is 90.7 Å². The number of hydrogen-bond acceptors (Lipinski definition) is 12. The van der Waals surface area contributed by atoms with Gasteiger partial charge >= 0.3 is 11.9 Å². The Morgan fingerprint density at radius 1 is 0.683 bits per heavy atom. The fourth-order valence-electron chi connectivity index (χ4n) is 6.33. The number of nitrogens with one attached hydrogen (secondary N) is 2. The summed E-state index contributed by atoms with van der Waals surface area (Å²) in [5, 5.41) is 10.4. The lowest BCUT2D eigenvalue weighted by Gasteiger charge is -2.16. The van der Waals surface area contributed by atoms with Crippen molar-refractivity contribution in [1.29, 1.82) is 0 Å². The molecular formula is C44H62Cl4N6O4S2. The second-order valence-corrected chi connectivity index (χ2v) is 19.6. The number of anilines is 2. The van der Waals surface area contributed by atoms with Crippen LogP contribution in [0.3, 0.4) is 0 Å². The van der Waals surface area contributed by atoms with Crippen LogP contribution >= 0.6 is 69.1 Å². The van der Waals surface area contributed by atoms with Crippen molar-refractivity contribution in [3.8, 4) is 22.5 Å². The summed E-state index contributed by atoms with van der Waals surface area (Å²) in [7, 11) is 6.98. The maximum absolute atomic E-state index is 12.3. The number of hydrogen-bond donors (Lipinski definition) is 3. The predicted octanol–water partition coefficient (Wildman–Crippen LogP) is 11.9. The van der Waals surface area contributed by atoms with Gasteiger partial charge in [0.2, 0.25) is 0 Å². The van der Waals surface area contributed by atoms with Crippen molar-refractivity contribution in [3.05, 3.63) is 66.2 Å². The Bertz CT molecular complexity index is 1940. The summed E-state index contributed by atoms with van der Waals surface area (Å²) in [6, 6.07) is 11.2. The van der Waals surface area contributed by atoms with Crippen LogP contribution in [-0.2, 0) is 31.9 Å². The van der Waals surface area contributed by atoms with Gasteiger partial charge in [-0.2, -0.15) is 0 Å². The normalized spacial score (nSPS) is 12.3. The summed E-state index contributed by atoms with van der Waals surface area (Å²) in [6.07, 6.45) is 7.17. The maximum atomic E-state index is 12.3. The van der Waals surface area contributed by atoms with Crippen molar-refractivity contribution in [2.24, 2.45) is 29.4 Å². The number of nitrogens with zero attached hydrogens (tertiary/aromatic N) is 3. The van der Waals surface area contributed by atoms with Crippen molar-refractivity contribution < 1.29 is 19.1 Å². The number of nitrogens with two attached hydrogens (primary N) is 1. The number of esters is 2. The highest BCUT2D eigenvalue weighted by atomic mass is 35.5. The van der Waals surface area contributed by atoms with Gasteiger partial charge in [0.1, 0.15) is 0 Å². The minimum Gasteiger partial charge on any atom is -0.469 e. The number of thiazole rings is 2. The molecule has 4 N–H and O–H groups in total. The molecule has 2 unspecified atom stereocenters. The monoisotopic (exact) mass is 942 g/mol. The molecule has 2 heterocycles. The van der Waals surface area contributed by atoms with Crippen LogP contribution in [0.1, 0.15) is 76.0 Å². The van der Waals surface area contributed by atoms with Crippen molar-refractivity contribution in [2.45, 2.75) is 79.1 Å². The second kappa shape index (κ2) is 26.7. The van der Waals surface area contributed by atoms with Gasteiger partial charge in [0, 0.05) is 34.0 Å². The summed E-state index contributed by atoms with van der Waals surface area (Å²) >= 11 is 27.8. The molecule has 60 heavy (non-hydrogen) atoms. The van der Waals surface area contributed by atoms with E-state index in [9.17, 15) is 9.59 Å². The molecule has 2 aromatic carbocycles. The van der Waals surface area contributed by atoms with E-state index in [4.69, 9.17) is 71.6 Å². The number of ether oxygens (including phenoxy) is 2. The second-order valence-electron chi connectivity index (χ2n) is 15.8. The Kier molecular flexibility index (Phi) is 23.0. The van der Waals surface area contributed by atoms with Gasteiger partial charge in [0.25, 0.3) is 0 Å². The lowest BCUT2D eigenvalue weighted by Crippen LogP contribution is -2.25. The standard InChI is InChI=1S/C23H33Cl2N3O2S.C21H29Cl2N3O2S/c1-15(2)12-20-21(16-9-10-18(24)19(25)13-16)27-23(31-20)26-14-17(22(29)30-5)8-6-7-11-28(3)4;1-13(2)10-18-19(14-7-8-16(22)17(23)11-14)26-21(29-18)25-12-15(20(27)28-3)6-4-5-9-24/h9-10,13,15,17H,6-8,11-12,14H2,1-5H3,(H,26,27);7-8,11,13,15H,4-6,9-10,12,24H2,1-3H3,(H,25,26). The zero-order chi connectivity index (χ0) is 44.4. The molecule has 0 aliphatic heterocycles. The van der Waals surface area contributed by atoms with E-state index in [-0.39, 0.29) is 23.8 Å². The summed E-state index contributed by atoms with van der Waals surface area (Å²) in [6.45, 7) is 11.3. The van der Waals surface area contributed by atoms with E-state index in [0.29, 0.717) is 51.6 Å². The number of benzene rings is 2. The number of unbranched alkanes of at least 4 members (excludes halogenated alkanes) is 2. The van der Waals surface area contributed by atoms with Crippen LogP contribution in [0.15, 0.2) is 36.4 Å². The fraction of sp³-hybridized carbons (Fsp3) is 0.545. The van der Waals surface area contributed by atoms with Crippen molar-refractivity contribution >= 4 is 91.3 Å². The highest BCUT2D eigenvalue weighted by Gasteiger charge is 2.23. The van der Waals surface area contributed by atoms with Crippen LogP contribution in [-0.4, -0.2) is 81.3 Å². The van der Waals surface area contributed by atoms with E-state index in [2.05, 4.69) is 57.3 Å². The highest BCUT2D eigenvalue weighted by Crippen LogP contribution is 2.37. The third-order valence-corrected chi connectivity index (χ3v) is 13.0. The molecule has 0 aliphatic carbocycles. The topological polar surface area (TPSA) is 132 Å². The van der Waals surface area contributed by atoms with Gasteiger partial charge in [-0.3, -0.25) is 9.59 Å². The van der Waals surface area contributed by atoms with E-state index < -0.39 is 0 Å². The van der Waals surface area contributed by atoms with Gasteiger partial charge in [0.15, 0.2) is 10.3 Å². The number of aromatic nitrogens is 2. The van der Waals surface area contributed by atoms with Gasteiger partial charge in [-0.25, -0.2) is 9.97 Å². The van der Waals surface area contributed by atoms with Crippen LogP contribution in [0.2, 0.25) is 20.1 Å². The Morgan fingerprint density at radius 3 is 1.45 bits per heavy atom. The lowest BCUT2D eigenvalue weighted by molar-refractivity contribution is -0.146. The zero-order valence-corrected chi connectivity index (χ0v) is 40.8. The Morgan fingerprint density at radius 2 is 1.10 bits per heavy atom. The first-order valence-corrected chi connectivity index (χ1v) is 23.6. The van der Waals surface area contributed by atoms with Crippen LogP contribution in [0.5, 0.6) is 0 Å². The third-order valence-electron chi connectivity index (χ3n) is 9.45. The van der Waals surface area contributed by atoms with Crippen LogP contribution < -0.4 is 16.4 Å². The van der Waals surface area contributed by atoms with Crippen molar-refractivity contribution in [3.63, 3.8) is 0 Å². The van der Waals surface area contributed by atoms with Gasteiger partial charge in [0.05, 0.1) is 57.5 Å². The molecule has 332 valence electrons. The van der Waals surface area contributed by atoms with Gasteiger partial charge in [-0.05, 0) is 102 Å². The van der Waals surface area contributed by atoms with E-state index in [1.54, 1.807) is 34.8 Å². The fourth-order valence-corrected chi connectivity index (χ4v) is 9.33. The molecule has 0 amide bonds.